The second-order valence-corrected chi connectivity index (χ2v) is 3.91. The van der Waals surface area contributed by atoms with Crippen molar-refractivity contribution in [2.45, 2.75) is 31.6 Å². The summed E-state index contributed by atoms with van der Waals surface area (Å²) in [6, 6.07) is 10.8. The molecule has 1 aromatic carbocycles. The quantitative estimate of drug-likeness (QED) is 0.637. The van der Waals surface area contributed by atoms with Crippen molar-refractivity contribution in [1.82, 2.24) is 0 Å². The van der Waals surface area contributed by atoms with E-state index in [9.17, 15) is 0 Å². The summed E-state index contributed by atoms with van der Waals surface area (Å²) in [6.07, 6.45) is 3.26. The number of benzene rings is 1. The van der Waals surface area contributed by atoms with E-state index in [0.29, 0.717) is 0 Å². The molecule has 13 heavy (non-hydrogen) atoms. The summed E-state index contributed by atoms with van der Waals surface area (Å²) in [7, 11) is 0. The van der Waals surface area contributed by atoms with Gasteiger partial charge >= 0.3 is 0 Å². The van der Waals surface area contributed by atoms with E-state index in [0.717, 1.165) is 12.8 Å². The third kappa shape index (κ3) is 1.23. The Hall–Kier alpha value is -1.29. The Morgan fingerprint density at radius 1 is 1.23 bits per heavy atom. The molecule has 0 heterocycles. The minimum absolute atomic E-state index is 0.145. The second kappa shape index (κ2) is 2.88. The van der Waals surface area contributed by atoms with E-state index in [2.05, 4.69) is 37.3 Å². The molecule has 66 valence electrons. The molecule has 0 aromatic heterocycles. The Morgan fingerprint density at radius 2 is 1.85 bits per heavy atom. The highest BCUT2D eigenvalue weighted by Crippen LogP contribution is 2.42. The van der Waals surface area contributed by atoms with Gasteiger partial charge in [0.1, 0.15) is 0 Å². The van der Waals surface area contributed by atoms with E-state index in [1.807, 2.05) is 0 Å². The van der Waals surface area contributed by atoms with Crippen molar-refractivity contribution in [3.63, 3.8) is 0 Å². The normalized spacial score (nSPS) is 18.8. The fourth-order valence-corrected chi connectivity index (χ4v) is 1.87. The van der Waals surface area contributed by atoms with Gasteiger partial charge in [0.15, 0.2) is 0 Å². The summed E-state index contributed by atoms with van der Waals surface area (Å²) in [6.45, 7) is 2.07. The first-order valence-electron chi connectivity index (χ1n) is 4.75. The van der Waals surface area contributed by atoms with Crippen molar-refractivity contribution in [2.75, 3.05) is 0 Å². The van der Waals surface area contributed by atoms with E-state index < -0.39 is 0 Å². The fourth-order valence-electron chi connectivity index (χ4n) is 1.87. The molecule has 0 bridgehead atoms. The van der Waals surface area contributed by atoms with Crippen LogP contribution in [0.25, 0.3) is 0 Å². The highest BCUT2D eigenvalue weighted by molar-refractivity contribution is 5.36. The maximum absolute atomic E-state index is 9.11. The van der Waals surface area contributed by atoms with Crippen molar-refractivity contribution < 1.29 is 0 Å². The average Bonchev–Trinajstić information content (AvgIpc) is 2.07. The summed E-state index contributed by atoms with van der Waals surface area (Å²) in [5.41, 5.74) is 2.32. The number of hydrogen-bond acceptors (Lipinski definition) is 1. The lowest BCUT2D eigenvalue weighted by Crippen LogP contribution is -2.32. The van der Waals surface area contributed by atoms with Crippen LogP contribution in [0.1, 0.15) is 30.4 Å². The molecule has 1 aromatic rings. The van der Waals surface area contributed by atoms with E-state index >= 15 is 0 Å². The zero-order valence-corrected chi connectivity index (χ0v) is 7.88. The first-order valence-corrected chi connectivity index (χ1v) is 4.75. The minimum atomic E-state index is -0.145. The maximum Gasteiger partial charge on any atom is 0.0822 e. The van der Waals surface area contributed by atoms with Gasteiger partial charge in [0.05, 0.1) is 11.5 Å². The largest absolute Gasteiger partial charge is 0.197 e. The summed E-state index contributed by atoms with van der Waals surface area (Å²) >= 11 is 0. The van der Waals surface area contributed by atoms with Crippen LogP contribution >= 0.6 is 0 Å². The van der Waals surface area contributed by atoms with E-state index in [1.54, 1.807) is 0 Å². The van der Waals surface area contributed by atoms with Crippen LogP contribution in [0.5, 0.6) is 0 Å². The lowest BCUT2D eigenvalue weighted by molar-refractivity contribution is 0.324. The SMILES string of the molecule is Cc1ccc(C2(C#N)CCC2)cc1. The number of hydrogen-bond donors (Lipinski definition) is 0. The Labute approximate surface area is 79.0 Å². The standard InChI is InChI=1S/C12H13N/c1-10-3-5-11(6-4-10)12(9-13)7-2-8-12/h3-6H,2,7-8H2,1H3. The number of nitrogens with zero attached hydrogens (tertiary/aromatic N) is 1. The van der Waals surface area contributed by atoms with Crippen molar-refractivity contribution >= 4 is 0 Å². The molecule has 0 atom stereocenters. The Balaban J connectivity index is 2.35. The predicted octanol–water partition coefficient (Wildman–Crippen LogP) is 2.94. The Bertz CT molecular complexity index is 338. The summed E-state index contributed by atoms with van der Waals surface area (Å²) in [5, 5.41) is 9.11. The number of nitriles is 1. The van der Waals surface area contributed by atoms with Crippen LogP contribution in [0.3, 0.4) is 0 Å². The molecular weight excluding hydrogens is 158 g/mol. The third-order valence-corrected chi connectivity index (χ3v) is 3.03. The molecule has 0 saturated heterocycles. The van der Waals surface area contributed by atoms with Crippen LogP contribution in [0.2, 0.25) is 0 Å². The van der Waals surface area contributed by atoms with Crippen molar-refractivity contribution in [2.24, 2.45) is 0 Å². The molecule has 0 unspecified atom stereocenters. The molecule has 1 nitrogen and oxygen atoms in total. The second-order valence-electron chi connectivity index (χ2n) is 3.91. The topological polar surface area (TPSA) is 23.8 Å². The van der Waals surface area contributed by atoms with Gasteiger partial charge < -0.3 is 0 Å². The molecule has 0 amide bonds. The van der Waals surface area contributed by atoms with Crippen LogP contribution in [0.15, 0.2) is 24.3 Å². The van der Waals surface area contributed by atoms with E-state index in [-0.39, 0.29) is 5.41 Å². The molecule has 0 N–H and O–H groups in total. The molecule has 0 aliphatic heterocycles. The highest BCUT2D eigenvalue weighted by Gasteiger charge is 2.38. The maximum atomic E-state index is 9.11. The summed E-state index contributed by atoms with van der Waals surface area (Å²) in [4.78, 5) is 0. The van der Waals surface area contributed by atoms with Crippen molar-refractivity contribution in [3.8, 4) is 6.07 Å². The van der Waals surface area contributed by atoms with Crippen molar-refractivity contribution in [3.05, 3.63) is 35.4 Å². The number of rotatable bonds is 1. The van der Waals surface area contributed by atoms with Crippen LogP contribution < -0.4 is 0 Å². The Morgan fingerprint density at radius 3 is 2.23 bits per heavy atom. The molecule has 1 heteroatoms. The fraction of sp³-hybridized carbons (Fsp3) is 0.417. The molecule has 2 rings (SSSR count). The lowest BCUT2D eigenvalue weighted by Gasteiger charge is -2.35. The van der Waals surface area contributed by atoms with Crippen LogP contribution in [-0.2, 0) is 5.41 Å². The zero-order chi connectivity index (χ0) is 9.31. The van der Waals surface area contributed by atoms with Gasteiger partial charge in [0.2, 0.25) is 0 Å². The van der Waals surface area contributed by atoms with Gasteiger partial charge in [0, 0.05) is 0 Å². The molecule has 0 spiro atoms. The van der Waals surface area contributed by atoms with E-state index in [4.69, 9.17) is 5.26 Å². The highest BCUT2D eigenvalue weighted by atomic mass is 14.4. The van der Waals surface area contributed by atoms with Crippen LogP contribution in [-0.4, -0.2) is 0 Å². The zero-order valence-electron chi connectivity index (χ0n) is 7.88. The van der Waals surface area contributed by atoms with Gasteiger partial charge in [-0.2, -0.15) is 5.26 Å². The average molecular weight is 171 g/mol. The molecule has 1 aliphatic rings. The third-order valence-electron chi connectivity index (χ3n) is 3.03. The van der Waals surface area contributed by atoms with Crippen molar-refractivity contribution in [1.29, 1.82) is 5.26 Å². The molecule has 1 aliphatic carbocycles. The summed E-state index contributed by atoms with van der Waals surface area (Å²) in [5.74, 6) is 0. The van der Waals surface area contributed by atoms with E-state index in [1.165, 1.54) is 17.5 Å². The smallest absolute Gasteiger partial charge is 0.0822 e. The lowest BCUT2D eigenvalue weighted by atomic mass is 9.65. The van der Waals surface area contributed by atoms with Gasteiger partial charge in [-0.15, -0.1) is 0 Å². The van der Waals surface area contributed by atoms with Gasteiger partial charge in [-0.3, -0.25) is 0 Å². The number of aryl methyl sites for hydroxylation is 1. The Kier molecular flexibility index (Phi) is 1.84. The van der Waals surface area contributed by atoms with Gasteiger partial charge in [-0.25, -0.2) is 0 Å². The van der Waals surface area contributed by atoms with Gasteiger partial charge in [-0.05, 0) is 31.7 Å². The summed E-state index contributed by atoms with van der Waals surface area (Å²) < 4.78 is 0. The monoisotopic (exact) mass is 171 g/mol. The first-order chi connectivity index (χ1) is 6.27. The predicted molar refractivity (Wildman–Crippen MR) is 52.3 cm³/mol. The van der Waals surface area contributed by atoms with Gasteiger partial charge in [-0.1, -0.05) is 29.8 Å². The molecule has 1 saturated carbocycles. The molecular formula is C12H13N. The minimum Gasteiger partial charge on any atom is -0.197 e. The first kappa shape index (κ1) is 8.31. The van der Waals surface area contributed by atoms with Crippen LogP contribution in [0, 0.1) is 18.3 Å². The van der Waals surface area contributed by atoms with Crippen LogP contribution in [0.4, 0.5) is 0 Å². The molecule has 0 radical (unpaired) electrons. The molecule has 1 fully saturated rings. The van der Waals surface area contributed by atoms with Gasteiger partial charge in [0.25, 0.3) is 0 Å².